The molecule has 0 aliphatic carbocycles. The molecule has 98 valence electrons. The van der Waals surface area contributed by atoms with Gasteiger partial charge in [-0.05, 0) is 42.5 Å². The van der Waals surface area contributed by atoms with E-state index in [9.17, 15) is 0 Å². The van der Waals surface area contributed by atoms with E-state index in [-0.39, 0.29) is 0 Å². The first kappa shape index (κ1) is 12.2. The molecule has 2 aliphatic rings. The molecule has 0 unspecified atom stereocenters. The minimum Gasteiger partial charge on any atom is -0.0584 e. The smallest absolute Gasteiger partial charge is 0.0358 e. The van der Waals surface area contributed by atoms with Crippen molar-refractivity contribution in [2.45, 2.75) is 33.4 Å². The fraction of sp³-hybridized carbons (Fsp3) is 0.125. The maximum atomic E-state index is 2.32. The maximum Gasteiger partial charge on any atom is 0.0358 e. The van der Waals surface area contributed by atoms with Crippen molar-refractivity contribution in [1.29, 1.82) is 0 Å². The van der Waals surface area contributed by atoms with Crippen molar-refractivity contribution in [2.75, 3.05) is 0 Å². The Hall–Kier alpha value is -0.420. The minimum atomic E-state index is 1.39. The molecule has 0 atom stereocenters. The highest BCUT2D eigenvalue weighted by Crippen LogP contribution is 2.63. The van der Waals surface area contributed by atoms with Crippen molar-refractivity contribution in [3.05, 3.63) is 35.4 Å². The Bertz CT molecular complexity index is 927. The molecule has 0 radical (unpaired) electrons. The third-order valence-corrected chi connectivity index (χ3v) is 9.17. The zero-order valence-corrected chi connectivity index (χ0v) is 14.2. The van der Waals surface area contributed by atoms with Gasteiger partial charge in [-0.15, -0.1) is 0 Å². The lowest BCUT2D eigenvalue weighted by Crippen LogP contribution is -1.89. The highest BCUT2D eigenvalue weighted by Gasteiger charge is 2.28. The lowest BCUT2D eigenvalue weighted by atomic mass is 9.97. The van der Waals surface area contributed by atoms with Crippen LogP contribution in [-0.4, -0.2) is 0 Å². The second-order valence-corrected chi connectivity index (χ2v) is 9.60. The Kier molecular flexibility index (Phi) is 2.47. The number of fused-ring (bicyclic) bond motifs is 3. The highest BCUT2D eigenvalue weighted by molar-refractivity contribution is 8.77. The van der Waals surface area contributed by atoms with Crippen LogP contribution in [0.25, 0.3) is 21.5 Å². The van der Waals surface area contributed by atoms with Gasteiger partial charge in [0.1, 0.15) is 0 Å². The van der Waals surface area contributed by atoms with Crippen LogP contribution >= 0.6 is 43.2 Å². The second kappa shape index (κ2) is 4.07. The minimum absolute atomic E-state index is 1.39. The van der Waals surface area contributed by atoms with E-state index in [1.54, 1.807) is 0 Å². The van der Waals surface area contributed by atoms with Gasteiger partial charge >= 0.3 is 0 Å². The largest absolute Gasteiger partial charge is 0.0584 e. The number of benzene rings is 3. The lowest BCUT2D eigenvalue weighted by Gasteiger charge is -2.12. The molecule has 0 N–H and O–H groups in total. The summed E-state index contributed by atoms with van der Waals surface area (Å²) in [5.74, 6) is 0. The molecule has 0 saturated carbocycles. The Morgan fingerprint density at radius 3 is 2.05 bits per heavy atom. The highest BCUT2D eigenvalue weighted by atomic mass is 33.1. The summed E-state index contributed by atoms with van der Waals surface area (Å²) in [5.41, 5.74) is 2.84. The van der Waals surface area contributed by atoms with Crippen LogP contribution < -0.4 is 0 Å². The molecule has 20 heavy (non-hydrogen) atoms. The number of rotatable bonds is 0. The third-order valence-electron chi connectivity index (χ3n) is 4.22. The fourth-order valence-corrected chi connectivity index (χ4v) is 8.44. The molecular weight excluding hydrogens is 320 g/mol. The quantitative estimate of drug-likeness (QED) is 0.327. The van der Waals surface area contributed by atoms with Crippen molar-refractivity contribution < 1.29 is 0 Å². The monoisotopic (exact) mass is 330 g/mol. The van der Waals surface area contributed by atoms with Gasteiger partial charge in [-0.2, -0.15) is 0 Å². The lowest BCUT2D eigenvalue weighted by molar-refractivity contribution is 1.34. The van der Waals surface area contributed by atoms with E-state index >= 15 is 0 Å². The van der Waals surface area contributed by atoms with Crippen LogP contribution in [0.2, 0.25) is 0 Å². The van der Waals surface area contributed by atoms with Gasteiger partial charge in [-0.1, -0.05) is 55.3 Å². The maximum absolute atomic E-state index is 2.32. The van der Waals surface area contributed by atoms with Crippen LogP contribution in [-0.2, 0) is 0 Å². The van der Waals surface area contributed by atoms with Gasteiger partial charge in [0, 0.05) is 35.7 Å². The van der Waals surface area contributed by atoms with Crippen molar-refractivity contribution in [2.24, 2.45) is 0 Å². The number of hydrogen-bond acceptors (Lipinski definition) is 4. The molecule has 0 spiro atoms. The van der Waals surface area contributed by atoms with Crippen LogP contribution in [0.5, 0.6) is 0 Å². The number of hydrogen-bond donors (Lipinski definition) is 0. The van der Waals surface area contributed by atoms with Gasteiger partial charge in [0.2, 0.25) is 0 Å². The summed E-state index contributed by atoms with van der Waals surface area (Å²) in [6.45, 7) is 4.49. The summed E-state index contributed by atoms with van der Waals surface area (Å²) in [6.07, 6.45) is 0. The van der Waals surface area contributed by atoms with Crippen molar-refractivity contribution in [3.63, 3.8) is 0 Å². The first-order valence-electron chi connectivity index (χ1n) is 6.47. The molecule has 5 rings (SSSR count). The van der Waals surface area contributed by atoms with Crippen LogP contribution in [0.1, 0.15) is 11.1 Å². The summed E-state index contributed by atoms with van der Waals surface area (Å²) >= 11 is 0. The van der Waals surface area contributed by atoms with Crippen molar-refractivity contribution >= 4 is 64.7 Å². The molecule has 2 aliphatic heterocycles. The summed E-state index contributed by atoms with van der Waals surface area (Å²) in [5, 5.41) is 5.93. The zero-order valence-electron chi connectivity index (χ0n) is 10.9. The van der Waals surface area contributed by atoms with Gasteiger partial charge in [-0.3, -0.25) is 0 Å². The second-order valence-electron chi connectivity index (χ2n) is 5.23. The summed E-state index contributed by atoms with van der Waals surface area (Å²) in [6, 6.07) is 9.18. The molecule has 0 bridgehead atoms. The van der Waals surface area contributed by atoms with E-state index in [0.29, 0.717) is 0 Å². The Labute approximate surface area is 133 Å². The van der Waals surface area contributed by atoms with Gasteiger partial charge in [0.25, 0.3) is 0 Å². The molecule has 0 amide bonds. The Morgan fingerprint density at radius 1 is 0.650 bits per heavy atom. The molecule has 0 aromatic heterocycles. The standard InChI is InChI=1S/C16H10S4/c1-7-3-4-9-12(8(7)2)16-14-11(18-20-16)6-5-10-13(14)15(9)19-17-10/h3-6H,1-2H3. The predicted octanol–water partition coefficient (Wildman–Crippen LogP) is 6.84. The summed E-state index contributed by atoms with van der Waals surface area (Å²) < 4.78 is 0. The Morgan fingerprint density at radius 2 is 1.30 bits per heavy atom. The van der Waals surface area contributed by atoms with E-state index in [1.165, 1.54) is 52.3 Å². The average molecular weight is 331 g/mol. The molecule has 3 aromatic rings. The molecule has 0 saturated heterocycles. The topological polar surface area (TPSA) is 0 Å². The number of aryl methyl sites for hydroxylation is 2. The van der Waals surface area contributed by atoms with E-state index < -0.39 is 0 Å². The van der Waals surface area contributed by atoms with Crippen LogP contribution in [0, 0.1) is 13.8 Å². The Balaban J connectivity index is 2.16. The van der Waals surface area contributed by atoms with Gasteiger partial charge in [0.15, 0.2) is 0 Å². The molecule has 4 heteroatoms. The molecular formula is C16H10S4. The van der Waals surface area contributed by atoms with Crippen molar-refractivity contribution in [1.82, 2.24) is 0 Å². The van der Waals surface area contributed by atoms with E-state index in [1.807, 2.05) is 43.2 Å². The van der Waals surface area contributed by atoms with Gasteiger partial charge in [0.05, 0.1) is 0 Å². The van der Waals surface area contributed by atoms with E-state index in [0.717, 1.165) is 0 Å². The zero-order chi connectivity index (χ0) is 13.4. The molecule has 0 nitrogen and oxygen atoms in total. The van der Waals surface area contributed by atoms with E-state index in [4.69, 9.17) is 0 Å². The first-order chi connectivity index (χ1) is 9.75. The van der Waals surface area contributed by atoms with E-state index in [2.05, 4.69) is 38.1 Å². The fourth-order valence-electron chi connectivity index (χ4n) is 3.05. The van der Waals surface area contributed by atoms with Crippen molar-refractivity contribution in [3.8, 4) is 0 Å². The molecule has 0 fully saturated rings. The predicted molar refractivity (Wildman–Crippen MR) is 94.4 cm³/mol. The SMILES string of the molecule is Cc1ccc2c3c4c(ccc5c4c(c2c1C)SS5)SS3. The molecule has 3 aromatic carbocycles. The summed E-state index contributed by atoms with van der Waals surface area (Å²) in [4.78, 5) is 5.85. The molecule has 2 heterocycles. The first-order valence-corrected chi connectivity index (χ1v) is 10.8. The van der Waals surface area contributed by atoms with Crippen LogP contribution in [0.15, 0.2) is 43.8 Å². The normalized spacial score (nSPS) is 15.7. The van der Waals surface area contributed by atoms with Crippen LogP contribution in [0.4, 0.5) is 0 Å². The van der Waals surface area contributed by atoms with Gasteiger partial charge < -0.3 is 0 Å². The summed E-state index contributed by atoms with van der Waals surface area (Å²) in [7, 11) is 7.71. The third kappa shape index (κ3) is 1.36. The average Bonchev–Trinajstić information content (AvgIpc) is 3.04. The van der Waals surface area contributed by atoms with Crippen LogP contribution in [0.3, 0.4) is 0 Å². The van der Waals surface area contributed by atoms with Gasteiger partial charge in [-0.25, -0.2) is 0 Å².